The van der Waals surface area contributed by atoms with Crippen LogP contribution >= 0.6 is 12.6 Å². The topological polar surface area (TPSA) is 88.2 Å². The molecule has 0 aliphatic carbocycles. The molecule has 0 aliphatic heterocycles. The van der Waals surface area contributed by atoms with Crippen LogP contribution in [-0.2, 0) is 14.4 Å². The first kappa shape index (κ1) is 22.2. The molecular formula is C19H29N3O3S. The van der Waals surface area contributed by atoms with Crippen LogP contribution in [-0.4, -0.2) is 34.4 Å². The van der Waals surface area contributed by atoms with Crippen LogP contribution in [0.4, 0.5) is 5.82 Å². The number of nitrogens with zero attached hydrogens (tertiary/aromatic N) is 1. The van der Waals surface area contributed by atoms with Crippen molar-refractivity contribution in [1.29, 1.82) is 0 Å². The summed E-state index contributed by atoms with van der Waals surface area (Å²) in [6.07, 6.45) is 1.99. The number of rotatable bonds is 8. The van der Waals surface area contributed by atoms with Crippen LogP contribution in [0.5, 0.6) is 0 Å². The molecule has 144 valence electrons. The van der Waals surface area contributed by atoms with Gasteiger partial charge in [-0.05, 0) is 29.9 Å². The molecule has 0 radical (unpaired) electrons. The standard InChI is InChI=1S/C19H29N3O3S/c1-12(2)10-13(14(23)11-26)17(24)22-16(19(3,4)5)18(25)21-15-8-6-7-9-20-15/h6-9,12-13,16,26H,10-11H2,1-5H3,(H,22,24)(H,20,21,25)/t13?,16-/m1/s1. The molecule has 1 unspecified atom stereocenters. The molecule has 1 aromatic rings. The number of carbonyl (C=O) groups excluding carboxylic acids is 3. The predicted octanol–water partition coefficient (Wildman–Crippen LogP) is 2.71. The second-order valence-electron chi connectivity index (χ2n) is 7.82. The van der Waals surface area contributed by atoms with Crippen LogP contribution in [0.3, 0.4) is 0 Å². The Kier molecular flexibility index (Phi) is 8.27. The van der Waals surface area contributed by atoms with Crippen molar-refractivity contribution in [3.05, 3.63) is 24.4 Å². The third-order valence-corrected chi connectivity index (χ3v) is 4.21. The average Bonchev–Trinajstić information content (AvgIpc) is 2.56. The highest BCUT2D eigenvalue weighted by molar-refractivity contribution is 7.81. The van der Waals surface area contributed by atoms with Crippen molar-refractivity contribution in [3.63, 3.8) is 0 Å². The van der Waals surface area contributed by atoms with Crippen molar-refractivity contribution in [2.24, 2.45) is 17.3 Å². The van der Waals surface area contributed by atoms with Crippen molar-refractivity contribution >= 4 is 36.0 Å². The monoisotopic (exact) mass is 379 g/mol. The number of Topliss-reactive ketones (excluding diaryl/α,β-unsaturated/α-hetero) is 1. The van der Waals surface area contributed by atoms with Gasteiger partial charge in [0.2, 0.25) is 11.8 Å². The van der Waals surface area contributed by atoms with Crippen molar-refractivity contribution < 1.29 is 14.4 Å². The number of nitrogens with one attached hydrogen (secondary N) is 2. The quantitative estimate of drug-likeness (QED) is 0.479. The Morgan fingerprint density at radius 1 is 1.15 bits per heavy atom. The molecule has 0 fully saturated rings. The maximum atomic E-state index is 12.7. The Hall–Kier alpha value is -1.89. The highest BCUT2D eigenvalue weighted by atomic mass is 32.1. The molecule has 0 aromatic carbocycles. The van der Waals surface area contributed by atoms with Gasteiger partial charge in [0.05, 0.1) is 11.7 Å². The van der Waals surface area contributed by atoms with Gasteiger partial charge in [-0.1, -0.05) is 40.7 Å². The van der Waals surface area contributed by atoms with E-state index in [0.29, 0.717) is 12.2 Å². The van der Waals surface area contributed by atoms with Crippen molar-refractivity contribution in [3.8, 4) is 0 Å². The number of carbonyl (C=O) groups is 3. The molecule has 1 aromatic heterocycles. The average molecular weight is 380 g/mol. The maximum Gasteiger partial charge on any atom is 0.248 e. The molecule has 26 heavy (non-hydrogen) atoms. The normalized spacial score (nSPS) is 13.8. The van der Waals surface area contributed by atoms with Gasteiger partial charge in [-0.15, -0.1) is 0 Å². The molecule has 0 saturated carbocycles. The zero-order valence-electron chi connectivity index (χ0n) is 16.1. The molecule has 6 nitrogen and oxygen atoms in total. The van der Waals surface area contributed by atoms with E-state index in [4.69, 9.17) is 0 Å². The molecule has 2 amide bonds. The number of amides is 2. The highest BCUT2D eigenvalue weighted by Crippen LogP contribution is 2.22. The van der Waals surface area contributed by atoms with Crippen LogP contribution in [0, 0.1) is 17.3 Å². The van der Waals surface area contributed by atoms with Gasteiger partial charge >= 0.3 is 0 Å². The summed E-state index contributed by atoms with van der Waals surface area (Å²) in [6.45, 7) is 9.46. The van der Waals surface area contributed by atoms with Crippen LogP contribution in [0.2, 0.25) is 0 Å². The first-order valence-electron chi connectivity index (χ1n) is 8.72. The first-order valence-corrected chi connectivity index (χ1v) is 9.35. The lowest BCUT2D eigenvalue weighted by molar-refractivity contribution is -0.136. The van der Waals surface area contributed by atoms with Gasteiger partial charge in [-0.25, -0.2) is 4.98 Å². The second kappa shape index (κ2) is 9.71. The van der Waals surface area contributed by atoms with Crippen LogP contribution < -0.4 is 10.6 Å². The molecule has 7 heteroatoms. The number of anilines is 1. The Balaban J connectivity index is 2.97. The number of thiol groups is 1. The van der Waals surface area contributed by atoms with E-state index >= 15 is 0 Å². The third kappa shape index (κ3) is 6.78. The fourth-order valence-corrected chi connectivity index (χ4v) is 2.74. The van der Waals surface area contributed by atoms with Gasteiger partial charge in [0.15, 0.2) is 5.78 Å². The minimum absolute atomic E-state index is 0.00881. The predicted molar refractivity (Wildman–Crippen MR) is 106 cm³/mol. The molecule has 0 saturated heterocycles. The van der Waals surface area contributed by atoms with Gasteiger partial charge in [0, 0.05) is 6.20 Å². The highest BCUT2D eigenvalue weighted by Gasteiger charge is 2.36. The van der Waals surface area contributed by atoms with E-state index < -0.39 is 23.3 Å². The Morgan fingerprint density at radius 3 is 2.27 bits per heavy atom. The lowest BCUT2D eigenvalue weighted by Gasteiger charge is -2.31. The van der Waals surface area contributed by atoms with E-state index in [1.54, 1.807) is 24.4 Å². The number of hydrogen-bond acceptors (Lipinski definition) is 5. The Labute approximate surface area is 160 Å². The number of ketones is 1. The van der Waals surface area contributed by atoms with Crippen molar-refractivity contribution in [2.45, 2.75) is 47.1 Å². The zero-order chi connectivity index (χ0) is 19.9. The summed E-state index contributed by atoms with van der Waals surface area (Å²) < 4.78 is 0. The number of aromatic nitrogens is 1. The zero-order valence-corrected chi connectivity index (χ0v) is 17.0. The van der Waals surface area contributed by atoms with Crippen molar-refractivity contribution in [1.82, 2.24) is 10.3 Å². The van der Waals surface area contributed by atoms with Gasteiger partial charge in [0.1, 0.15) is 11.9 Å². The van der Waals surface area contributed by atoms with Gasteiger partial charge < -0.3 is 10.6 Å². The molecule has 0 bridgehead atoms. The lowest BCUT2D eigenvalue weighted by atomic mass is 9.85. The van der Waals surface area contributed by atoms with Gasteiger partial charge in [-0.2, -0.15) is 12.6 Å². The first-order chi connectivity index (χ1) is 12.1. The molecular weight excluding hydrogens is 350 g/mol. The molecule has 2 N–H and O–H groups in total. The van der Waals surface area contributed by atoms with Crippen LogP contribution in [0.25, 0.3) is 0 Å². The minimum Gasteiger partial charge on any atom is -0.343 e. The summed E-state index contributed by atoms with van der Waals surface area (Å²) in [6, 6.07) is 4.38. The summed E-state index contributed by atoms with van der Waals surface area (Å²) in [5.41, 5.74) is -0.541. The summed E-state index contributed by atoms with van der Waals surface area (Å²) in [5.74, 6) is -1.28. The van der Waals surface area contributed by atoms with E-state index in [0.717, 1.165) is 0 Å². The maximum absolute atomic E-state index is 12.7. The van der Waals surface area contributed by atoms with Crippen LogP contribution in [0.15, 0.2) is 24.4 Å². The van der Waals surface area contributed by atoms with Gasteiger partial charge in [0.25, 0.3) is 0 Å². The summed E-state index contributed by atoms with van der Waals surface area (Å²) >= 11 is 4.01. The summed E-state index contributed by atoms with van der Waals surface area (Å²) in [4.78, 5) is 41.6. The van der Waals surface area contributed by atoms with Crippen LogP contribution in [0.1, 0.15) is 41.0 Å². The molecule has 0 spiro atoms. The molecule has 2 atom stereocenters. The van der Waals surface area contributed by atoms with Crippen molar-refractivity contribution in [2.75, 3.05) is 11.1 Å². The lowest BCUT2D eigenvalue weighted by Crippen LogP contribution is -2.54. The SMILES string of the molecule is CC(C)CC(C(=O)CS)C(=O)N[C@H](C(=O)Nc1ccccn1)C(C)(C)C. The molecule has 1 rings (SSSR count). The fourth-order valence-electron chi connectivity index (χ4n) is 2.52. The van der Waals surface area contributed by atoms with Gasteiger partial charge in [-0.3, -0.25) is 14.4 Å². The van der Waals surface area contributed by atoms with E-state index in [-0.39, 0.29) is 23.4 Å². The van der Waals surface area contributed by atoms with E-state index in [9.17, 15) is 14.4 Å². The fraction of sp³-hybridized carbons (Fsp3) is 0.579. The Morgan fingerprint density at radius 2 is 1.81 bits per heavy atom. The Bertz CT molecular complexity index is 627. The number of pyridine rings is 1. The molecule has 0 aliphatic rings. The largest absolute Gasteiger partial charge is 0.343 e. The smallest absolute Gasteiger partial charge is 0.248 e. The summed E-state index contributed by atoms with van der Waals surface area (Å²) in [7, 11) is 0. The second-order valence-corrected chi connectivity index (χ2v) is 8.13. The van der Waals surface area contributed by atoms with E-state index in [2.05, 4.69) is 28.2 Å². The number of hydrogen-bond donors (Lipinski definition) is 3. The summed E-state index contributed by atoms with van der Waals surface area (Å²) in [5, 5.41) is 5.48. The molecule has 1 heterocycles. The van der Waals surface area contributed by atoms with E-state index in [1.807, 2.05) is 34.6 Å². The minimum atomic E-state index is -0.806. The van der Waals surface area contributed by atoms with E-state index in [1.165, 1.54) is 0 Å². The third-order valence-electron chi connectivity index (χ3n) is 3.90.